The summed E-state index contributed by atoms with van der Waals surface area (Å²) in [7, 11) is 0. The second kappa shape index (κ2) is 7.49. The highest BCUT2D eigenvalue weighted by molar-refractivity contribution is 5.94. The number of carbonyl (C=O) groups excluding carboxylic acids is 1. The molecule has 1 amide bonds. The van der Waals surface area contributed by atoms with Crippen LogP contribution in [-0.2, 0) is 0 Å². The number of benzene rings is 1. The van der Waals surface area contributed by atoms with Crippen LogP contribution < -0.4 is 5.73 Å². The normalized spacial score (nSPS) is 9.50. The summed E-state index contributed by atoms with van der Waals surface area (Å²) in [5.74, 6) is 5.55. The molecule has 0 aliphatic rings. The first-order valence-electron chi connectivity index (χ1n) is 5.92. The van der Waals surface area contributed by atoms with E-state index in [-0.39, 0.29) is 12.5 Å². The van der Waals surface area contributed by atoms with E-state index in [1.807, 2.05) is 13.0 Å². The molecule has 0 saturated heterocycles. The van der Waals surface area contributed by atoms with Crippen molar-refractivity contribution < 1.29 is 9.90 Å². The quantitative estimate of drug-likeness (QED) is 0.758. The lowest BCUT2D eigenvalue weighted by Crippen LogP contribution is -2.33. The summed E-state index contributed by atoms with van der Waals surface area (Å²) < 4.78 is 0. The standard InChI is InChI=1S/C14H18N2O2/c1-2-16(9-10-17)14(18)13-7-3-5-12(11-13)6-4-8-15/h3,5,7,11,17H,2,8-10,15H2,1H3. The summed E-state index contributed by atoms with van der Waals surface area (Å²) in [5.41, 5.74) is 6.65. The summed E-state index contributed by atoms with van der Waals surface area (Å²) >= 11 is 0. The molecule has 0 heterocycles. The number of amides is 1. The average Bonchev–Trinajstić information content (AvgIpc) is 2.42. The van der Waals surface area contributed by atoms with Gasteiger partial charge in [0.1, 0.15) is 0 Å². The molecular weight excluding hydrogens is 228 g/mol. The van der Waals surface area contributed by atoms with Gasteiger partial charge >= 0.3 is 0 Å². The van der Waals surface area contributed by atoms with Crippen molar-refractivity contribution in [2.75, 3.05) is 26.2 Å². The van der Waals surface area contributed by atoms with Gasteiger partial charge in [-0.1, -0.05) is 17.9 Å². The molecule has 0 saturated carbocycles. The molecule has 96 valence electrons. The van der Waals surface area contributed by atoms with E-state index in [2.05, 4.69) is 11.8 Å². The Bertz CT molecular complexity index is 460. The van der Waals surface area contributed by atoms with Crippen LogP contribution in [0.15, 0.2) is 24.3 Å². The van der Waals surface area contributed by atoms with E-state index >= 15 is 0 Å². The monoisotopic (exact) mass is 246 g/mol. The Hall–Kier alpha value is -1.83. The van der Waals surface area contributed by atoms with Crippen LogP contribution in [0.25, 0.3) is 0 Å². The predicted molar refractivity (Wildman–Crippen MR) is 71.0 cm³/mol. The van der Waals surface area contributed by atoms with E-state index in [1.165, 1.54) is 0 Å². The number of carbonyl (C=O) groups is 1. The molecule has 0 fully saturated rings. The summed E-state index contributed by atoms with van der Waals surface area (Å²) in [6.45, 7) is 3.05. The first kappa shape index (κ1) is 14.2. The molecule has 1 aromatic carbocycles. The van der Waals surface area contributed by atoms with E-state index < -0.39 is 0 Å². The third-order valence-corrected chi connectivity index (χ3v) is 2.48. The Morgan fingerprint density at radius 2 is 2.28 bits per heavy atom. The zero-order chi connectivity index (χ0) is 13.4. The van der Waals surface area contributed by atoms with Crippen molar-refractivity contribution in [2.45, 2.75) is 6.92 Å². The van der Waals surface area contributed by atoms with Crippen LogP contribution in [-0.4, -0.2) is 42.2 Å². The molecule has 1 aromatic rings. The van der Waals surface area contributed by atoms with Crippen molar-refractivity contribution in [1.29, 1.82) is 0 Å². The van der Waals surface area contributed by atoms with Gasteiger partial charge in [0.05, 0.1) is 13.2 Å². The van der Waals surface area contributed by atoms with Gasteiger partial charge in [-0.05, 0) is 25.1 Å². The third kappa shape index (κ3) is 3.88. The van der Waals surface area contributed by atoms with Crippen molar-refractivity contribution in [3.05, 3.63) is 35.4 Å². The maximum absolute atomic E-state index is 12.1. The number of nitrogens with two attached hydrogens (primary N) is 1. The lowest BCUT2D eigenvalue weighted by molar-refractivity contribution is 0.0732. The molecule has 0 aliphatic carbocycles. The van der Waals surface area contributed by atoms with Crippen molar-refractivity contribution in [1.82, 2.24) is 4.90 Å². The summed E-state index contributed by atoms with van der Waals surface area (Å²) in [6, 6.07) is 7.11. The zero-order valence-electron chi connectivity index (χ0n) is 10.5. The fourth-order valence-corrected chi connectivity index (χ4v) is 1.59. The Morgan fingerprint density at radius 3 is 2.89 bits per heavy atom. The lowest BCUT2D eigenvalue weighted by Gasteiger charge is -2.19. The number of hydrogen-bond donors (Lipinski definition) is 2. The SMILES string of the molecule is CCN(CCO)C(=O)c1cccc(C#CCN)c1. The van der Waals surface area contributed by atoms with Crippen molar-refractivity contribution >= 4 is 5.91 Å². The molecular formula is C14H18N2O2. The second-order valence-corrected chi connectivity index (χ2v) is 3.70. The predicted octanol–water partition coefficient (Wildman–Crippen LogP) is 0.451. The van der Waals surface area contributed by atoms with E-state index in [0.717, 1.165) is 5.56 Å². The topological polar surface area (TPSA) is 66.6 Å². The smallest absolute Gasteiger partial charge is 0.253 e. The summed E-state index contributed by atoms with van der Waals surface area (Å²) in [5, 5.41) is 8.90. The van der Waals surface area contributed by atoms with Crippen molar-refractivity contribution in [3.8, 4) is 11.8 Å². The van der Waals surface area contributed by atoms with Gasteiger partial charge in [-0.2, -0.15) is 0 Å². The lowest BCUT2D eigenvalue weighted by atomic mass is 10.1. The van der Waals surface area contributed by atoms with Gasteiger partial charge in [-0.3, -0.25) is 4.79 Å². The second-order valence-electron chi connectivity index (χ2n) is 3.70. The number of likely N-dealkylation sites (N-methyl/N-ethyl adjacent to an activating group) is 1. The van der Waals surface area contributed by atoms with E-state index in [1.54, 1.807) is 23.1 Å². The number of aliphatic hydroxyl groups excluding tert-OH is 1. The van der Waals surface area contributed by atoms with Crippen LogP contribution in [0.4, 0.5) is 0 Å². The number of aliphatic hydroxyl groups is 1. The molecule has 18 heavy (non-hydrogen) atoms. The molecule has 0 bridgehead atoms. The molecule has 3 N–H and O–H groups in total. The molecule has 0 aliphatic heterocycles. The fourth-order valence-electron chi connectivity index (χ4n) is 1.59. The highest BCUT2D eigenvalue weighted by atomic mass is 16.3. The molecule has 0 atom stereocenters. The maximum Gasteiger partial charge on any atom is 0.253 e. The van der Waals surface area contributed by atoms with Gasteiger partial charge in [0.15, 0.2) is 0 Å². The van der Waals surface area contributed by atoms with E-state index in [4.69, 9.17) is 10.8 Å². The number of rotatable bonds is 4. The van der Waals surface area contributed by atoms with Crippen LogP contribution >= 0.6 is 0 Å². The highest BCUT2D eigenvalue weighted by Gasteiger charge is 2.13. The van der Waals surface area contributed by atoms with Crippen molar-refractivity contribution in [3.63, 3.8) is 0 Å². The molecule has 0 aromatic heterocycles. The first-order valence-corrected chi connectivity index (χ1v) is 5.92. The number of hydrogen-bond acceptors (Lipinski definition) is 3. The minimum absolute atomic E-state index is 0.0355. The molecule has 4 heteroatoms. The van der Waals surface area contributed by atoms with Crippen LogP contribution in [0.5, 0.6) is 0 Å². The minimum atomic E-state index is -0.0945. The van der Waals surface area contributed by atoms with Gasteiger partial charge < -0.3 is 15.7 Å². The highest BCUT2D eigenvalue weighted by Crippen LogP contribution is 2.07. The minimum Gasteiger partial charge on any atom is -0.395 e. The largest absolute Gasteiger partial charge is 0.395 e. The fraction of sp³-hybridized carbons (Fsp3) is 0.357. The Labute approximate surface area is 107 Å². The van der Waals surface area contributed by atoms with Crippen LogP contribution in [0.1, 0.15) is 22.8 Å². The molecule has 0 spiro atoms. The van der Waals surface area contributed by atoms with Crippen LogP contribution in [0.2, 0.25) is 0 Å². The van der Waals surface area contributed by atoms with Crippen LogP contribution in [0.3, 0.4) is 0 Å². The summed E-state index contributed by atoms with van der Waals surface area (Å²) in [4.78, 5) is 13.7. The van der Waals surface area contributed by atoms with Gasteiger partial charge in [-0.15, -0.1) is 0 Å². The molecule has 1 rings (SSSR count). The van der Waals surface area contributed by atoms with Crippen LogP contribution in [0, 0.1) is 11.8 Å². The van der Waals surface area contributed by atoms with Gasteiger partial charge in [0, 0.05) is 24.2 Å². The van der Waals surface area contributed by atoms with Crippen molar-refractivity contribution in [2.24, 2.45) is 5.73 Å². The third-order valence-electron chi connectivity index (χ3n) is 2.48. The zero-order valence-corrected chi connectivity index (χ0v) is 10.5. The molecule has 4 nitrogen and oxygen atoms in total. The molecule has 0 radical (unpaired) electrons. The maximum atomic E-state index is 12.1. The Kier molecular flexibility index (Phi) is 5.92. The van der Waals surface area contributed by atoms with Gasteiger partial charge in [0.2, 0.25) is 0 Å². The average molecular weight is 246 g/mol. The summed E-state index contributed by atoms with van der Waals surface area (Å²) in [6.07, 6.45) is 0. The molecule has 0 unspecified atom stereocenters. The Balaban J connectivity index is 2.91. The first-order chi connectivity index (χ1) is 8.72. The van der Waals surface area contributed by atoms with Gasteiger partial charge in [-0.25, -0.2) is 0 Å². The van der Waals surface area contributed by atoms with E-state index in [9.17, 15) is 4.79 Å². The van der Waals surface area contributed by atoms with E-state index in [0.29, 0.717) is 25.2 Å². The number of nitrogens with zero attached hydrogens (tertiary/aromatic N) is 1. The Morgan fingerprint density at radius 1 is 1.50 bits per heavy atom. The van der Waals surface area contributed by atoms with Gasteiger partial charge in [0.25, 0.3) is 5.91 Å².